The second kappa shape index (κ2) is 5.75. The minimum Gasteiger partial charge on any atom is -0.330 e. The van der Waals surface area contributed by atoms with Crippen LogP contribution in [0.3, 0.4) is 0 Å². The topological polar surface area (TPSA) is 56.7 Å². The van der Waals surface area contributed by atoms with E-state index in [1.807, 2.05) is 18.2 Å². The Bertz CT molecular complexity index is 541. The van der Waals surface area contributed by atoms with E-state index < -0.39 is 0 Å². The van der Waals surface area contributed by atoms with Gasteiger partial charge in [-0.05, 0) is 36.9 Å². The van der Waals surface area contributed by atoms with Crippen LogP contribution in [0.25, 0.3) is 5.69 Å². The summed E-state index contributed by atoms with van der Waals surface area (Å²) >= 11 is 0. The molecule has 4 heteroatoms. The average Bonchev–Trinajstić information content (AvgIpc) is 2.97. The number of aromatic nitrogens is 3. The molecule has 1 aromatic heterocycles. The summed E-state index contributed by atoms with van der Waals surface area (Å²) in [6.07, 6.45) is 9.08. The van der Waals surface area contributed by atoms with Gasteiger partial charge in [0.05, 0.1) is 0 Å². The van der Waals surface area contributed by atoms with Crippen molar-refractivity contribution >= 4 is 0 Å². The number of hydrogen-bond acceptors (Lipinski definition) is 3. The van der Waals surface area contributed by atoms with Gasteiger partial charge in [-0.15, -0.1) is 10.2 Å². The molecule has 1 aliphatic rings. The predicted octanol–water partition coefficient (Wildman–Crippen LogP) is 2.72. The van der Waals surface area contributed by atoms with Crippen molar-refractivity contribution in [1.29, 1.82) is 0 Å². The molecule has 0 saturated heterocycles. The van der Waals surface area contributed by atoms with Crippen molar-refractivity contribution in [2.45, 2.75) is 38.5 Å². The maximum absolute atomic E-state index is 6.09. The quantitative estimate of drug-likeness (QED) is 0.929. The Labute approximate surface area is 120 Å². The molecule has 20 heavy (non-hydrogen) atoms. The van der Waals surface area contributed by atoms with Gasteiger partial charge in [0.2, 0.25) is 0 Å². The molecule has 0 bridgehead atoms. The number of para-hydroxylation sites is 1. The highest BCUT2D eigenvalue weighted by Gasteiger charge is 2.32. The van der Waals surface area contributed by atoms with Crippen molar-refractivity contribution in [1.82, 2.24) is 14.8 Å². The summed E-state index contributed by atoms with van der Waals surface area (Å²) in [5, 5.41) is 8.44. The van der Waals surface area contributed by atoms with Crippen molar-refractivity contribution in [3.63, 3.8) is 0 Å². The van der Waals surface area contributed by atoms with Crippen molar-refractivity contribution < 1.29 is 0 Å². The second-order valence-corrected chi connectivity index (χ2v) is 5.89. The van der Waals surface area contributed by atoms with Crippen LogP contribution >= 0.6 is 0 Å². The van der Waals surface area contributed by atoms with E-state index in [0.717, 1.165) is 24.5 Å². The summed E-state index contributed by atoms with van der Waals surface area (Å²) in [4.78, 5) is 0. The third-order valence-electron chi connectivity index (χ3n) is 4.53. The number of rotatable bonds is 4. The standard InChI is InChI=1S/C16H22N4/c17-12-16(9-5-2-6-10-16)11-15-19-18-13-20(15)14-7-3-1-4-8-14/h1,3-4,7-8,13H,2,5-6,9-12,17H2. The zero-order valence-corrected chi connectivity index (χ0v) is 11.8. The van der Waals surface area contributed by atoms with Crippen LogP contribution in [0.1, 0.15) is 37.9 Å². The lowest BCUT2D eigenvalue weighted by Crippen LogP contribution is -2.35. The molecule has 1 aromatic carbocycles. The van der Waals surface area contributed by atoms with Gasteiger partial charge in [-0.25, -0.2) is 0 Å². The first-order valence-corrected chi connectivity index (χ1v) is 7.47. The lowest BCUT2D eigenvalue weighted by Gasteiger charge is -2.35. The van der Waals surface area contributed by atoms with E-state index in [0.29, 0.717) is 0 Å². The summed E-state index contributed by atoms with van der Waals surface area (Å²) in [6, 6.07) is 10.3. The summed E-state index contributed by atoms with van der Waals surface area (Å²) in [5.74, 6) is 1.03. The maximum atomic E-state index is 6.09. The molecular weight excluding hydrogens is 248 g/mol. The first-order chi connectivity index (χ1) is 9.83. The number of nitrogens with zero attached hydrogens (tertiary/aromatic N) is 3. The largest absolute Gasteiger partial charge is 0.330 e. The van der Waals surface area contributed by atoms with Crippen LogP contribution < -0.4 is 5.73 Å². The van der Waals surface area contributed by atoms with Crippen LogP contribution in [0, 0.1) is 5.41 Å². The normalized spacial score (nSPS) is 18.1. The highest BCUT2D eigenvalue weighted by Crippen LogP contribution is 2.38. The van der Waals surface area contributed by atoms with Gasteiger partial charge in [-0.2, -0.15) is 0 Å². The Morgan fingerprint density at radius 1 is 1.10 bits per heavy atom. The Balaban J connectivity index is 1.86. The molecule has 1 heterocycles. The Morgan fingerprint density at radius 2 is 1.85 bits per heavy atom. The van der Waals surface area contributed by atoms with E-state index in [-0.39, 0.29) is 5.41 Å². The summed E-state index contributed by atoms with van der Waals surface area (Å²) in [7, 11) is 0. The molecule has 0 amide bonds. The van der Waals surface area contributed by atoms with Gasteiger partial charge in [-0.3, -0.25) is 4.57 Å². The zero-order valence-electron chi connectivity index (χ0n) is 11.8. The van der Waals surface area contributed by atoms with Gasteiger partial charge in [-0.1, -0.05) is 37.5 Å². The van der Waals surface area contributed by atoms with Crippen LogP contribution in [0.5, 0.6) is 0 Å². The molecule has 2 N–H and O–H groups in total. The van der Waals surface area contributed by atoms with Gasteiger partial charge >= 0.3 is 0 Å². The second-order valence-electron chi connectivity index (χ2n) is 5.89. The monoisotopic (exact) mass is 270 g/mol. The van der Waals surface area contributed by atoms with E-state index in [1.54, 1.807) is 6.33 Å². The molecule has 1 aliphatic carbocycles. The highest BCUT2D eigenvalue weighted by molar-refractivity contribution is 5.32. The molecular formula is C16H22N4. The number of nitrogens with two attached hydrogens (primary N) is 1. The maximum Gasteiger partial charge on any atom is 0.137 e. The Hall–Kier alpha value is -1.68. The third-order valence-corrected chi connectivity index (χ3v) is 4.53. The van der Waals surface area contributed by atoms with Crippen LogP contribution in [-0.4, -0.2) is 21.3 Å². The SMILES string of the molecule is NCC1(Cc2nncn2-c2ccccc2)CCCCC1. The van der Waals surface area contributed by atoms with Crippen molar-refractivity contribution in [3.8, 4) is 5.69 Å². The van der Waals surface area contributed by atoms with Crippen molar-refractivity contribution in [3.05, 3.63) is 42.5 Å². The molecule has 2 aromatic rings. The van der Waals surface area contributed by atoms with Crippen LogP contribution in [-0.2, 0) is 6.42 Å². The molecule has 3 rings (SSSR count). The summed E-state index contributed by atoms with van der Waals surface area (Å²) in [6.45, 7) is 0.745. The minimum absolute atomic E-state index is 0.220. The summed E-state index contributed by atoms with van der Waals surface area (Å²) in [5.41, 5.74) is 7.43. The van der Waals surface area contributed by atoms with E-state index in [1.165, 1.54) is 32.1 Å². The van der Waals surface area contributed by atoms with Crippen LogP contribution in [0.2, 0.25) is 0 Å². The molecule has 0 radical (unpaired) electrons. The molecule has 1 fully saturated rings. The first kappa shape index (κ1) is 13.3. The first-order valence-electron chi connectivity index (χ1n) is 7.47. The molecule has 0 spiro atoms. The van der Waals surface area contributed by atoms with E-state index in [4.69, 9.17) is 5.73 Å². The molecule has 0 aliphatic heterocycles. The van der Waals surface area contributed by atoms with E-state index in [2.05, 4.69) is 26.9 Å². The fraction of sp³-hybridized carbons (Fsp3) is 0.500. The van der Waals surface area contributed by atoms with Crippen LogP contribution in [0.15, 0.2) is 36.7 Å². The predicted molar refractivity (Wildman–Crippen MR) is 79.6 cm³/mol. The van der Waals surface area contributed by atoms with Crippen LogP contribution in [0.4, 0.5) is 0 Å². The fourth-order valence-electron chi connectivity index (χ4n) is 3.27. The molecule has 0 unspecified atom stereocenters. The van der Waals surface area contributed by atoms with Gasteiger partial charge < -0.3 is 5.73 Å². The van der Waals surface area contributed by atoms with Crippen molar-refractivity contribution in [2.75, 3.05) is 6.54 Å². The molecule has 0 atom stereocenters. The molecule has 106 valence electrons. The molecule has 1 saturated carbocycles. The lowest BCUT2D eigenvalue weighted by atomic mass is 9.71. The number of hydrogen-bond donors (Lipinski definition) is 1. The van der Waals surface area contributed by atoms with E-state index >= 15 is 0 Å². The van der Waals surface area contributed by atoms with Gasteiger partial charge in [0.25, 0.3) is 0 Å². The fourth-order valence-corrected chi connectivity index (χ4v) is 3.27. The molecule has 4 nitrogen and oxygen atoms in total. The average molecular weight is 270 g/mol. The van der Waals surface area contributed by atoms with Crippen molar-refractivity contribution in [2.24, 2.45) is 11.1 Å². The van der Waals surface area contributed by atoms with Gasteiger partial charge in [0.1, 0.15) is 12.2 Å². The zero-order chi connectivity index (χ0) is 13.8. The number of benzene rings is 1. The van der Waals surface area contributed by atoms with Gasteiger partial charge in [0, 0.05) is 12.1 Å². The van der Waals surface area contributed by atoms with E-state index in [9.17, 15) is 0 Å². The minimum atomic E-state index is 0.220. The lowest BCUT2D eigenvalue weighted by molar-refractivity contribution is 0.193. The smallest absolute Gasteiger partial charge is 0.137 e. The van der Waals surface area contributed by atoms with Gasteiger partial charge in [0.15, 0.2) is 0 Å². The highest BCUT2D eigenvalue weighted by atomic mass is 15.3. The Kier molecular flexibility index (Phi) is 3.83. The third kappa shape index (κ3) is 2.61. The Morgan fingerprint density at radius 3 is 2.55 bits per heavy atom. The summed E-state index contributed by atoms with van der Waals surface area (Å²) < 4.78 is 2.09.